The van der Waals surface area contributed by atoms with Crippen molar-refractivity contribution in [2.75, 3.05) is 5.32 Å². The van der Waals surface area contributed by atoms with Crippen molar-refractivity contribution in [3.05, 3.63) is 94.2 Å². The van der Waals surface area contributed by atoms with E-state index in [0.29, 0.717) is 29.3 Å². The third-order valence-corrected chi connectivity index (χ3v) is 6.76. The van der Waals surface area contributed by atoms with E-state index in [0.717, 1.165) is 34.3 Å². The van der Waals surface area contributed by atoms with Gasteiger partial charge in [0.15, 0.2) is 5.78 Å². The Kier molecular flexibility index (Phi) is 6.59. The van der Waals surface area contributed by atoms with Gasteiger partial charge in [0.2, 0.25) is 5.91 Å². The van der Waals surface area contributed by atoms with Gasteiger partial charge < -0.3 is 10.1 Å². The molecule has 7 heteroatoms. The maximum Gasteiger partial charge on any atom is 0.235 e. The lowest BCUT2D eigenvalue weighted by Crippen LogP contribution is -2.39. The van der Waals surface area contributed by atoms with Crippen LogP contribution in [-0.4, -0.2) is 22.4 Å². The summed E-state index contributed by atoms with van der Waals surface area (Å²) in [5, 5.41) is 2.92. The first-order chi connectivity index (χ1) is 17.0. The number of carbonyl (C=O) groups is 2. The summed E-state index contributed by atoms with van der Waals surface area (Å²) in [7, 11) is 0. The third-order valence-electron chi connectivity index (χ3n) is 6.29. The van der Waals surface area contributed by atoms with Crippen LogP contribution in [0, 0.1) is 5.92 Å². The van der Waals surface area contributed by atoms with Crippen LogP contribution in [0.25, 0.3) is 0 Å². The molecule has 35 heavy (non-hydrogen) atoms. The second-order valence-electron chi connectivity index (χ2n) is 8.68. The minimum absolute atomic E-state index is 0.0569. The predicted molar refractivity (Wildman–Crippen MR) is 139 cm³/mol. The zero-order valence-electron chi connectivity index (χ0n) is 19.2. The van der Waals surface area contributed by atoms with Crippen molar-refractivity contribution in [3.8, 4) is 11.5 Å². The van der Waals surface area contributed by atoms with Gasteiger partial charge in [-0.15, -0.1) is 0 Å². The summed E-state index contributed by atoms with van der Waals surface area (Å²) in [5.74, 6) is 0.522. The van der Waals surface area contributed by atoms with E-state index < -0.39 is 11.8 Å². The molecule has 1 aromatic heterocycles. The fourth-order valence-corrected chi connectivity index (χ4v) is 4.99. The number of allylic oxidation sites excluding steroid dienone is 2. The molecule has 1 unspecified atom stereocenters. The van der Waals surface area contributed by atoms with E-state index in [4.69, 9.17) is 9.73 Å². The highest BCUT2D eigenvalue weighted by molar-refractivity contribution is 9.10. The number of Topliss-reactive ketones (excluding diaryl/α,β-unsaturated/α-hetero) is 1. The second kappa shape index (κ2) is 9.96. The van der Waals surface area contributed by atoms with Gasteiger partial charge in [-0.3, -0.25) is 14.6 Å². The number of halogens is 1. The van der Waals surface area contributed by atoms with Crippen LogP contribution in [0.3, 0.4) is 0 Å². The highest BCUT2D eigenvalue weighted by atomic mass is 79.9. The molecule has 2 aromatic carbocycles. The Morgan fingerprint density at radius 1 is 1.03 bits per heavy atom. The van der Waals surface area contributed by atoms with Crippen molar-refractivity contribution < 1.29 is 14.3 Å². The quantitative estimate of drug-likeness (QED) is 0.411. The fraction of sp³-hybridized carbons (Fsp3) is 0.214. The van der Waals surface area contributed by atoms with E-state index in [9.17, 15) is 9.59 Å². The number of para-hydroxylation sites is 1. The van der Waals surface area contributed by atoms with Crippen LogP contribution in [-0.2, 0) is 9.59 Å². The number of hydrogen-bond donors (Lipinski definition) is 1. The van der Waals surface area contributed by atoms with Gasteiger partial charge in [0.05, 0.1) is 5.92 Å². The Hall–Kier alpha value is -3.58. The second-order valence-corrected chi connectivity index (χ2v) is 9.60. The van der Waals surface area contributed by atoms with Crippen molar-refractivity contribution in [1.29, 1.82) is 0 Å². The number of aromatic nitrogens is 1. The van der Waals surface area contributed by atoms with Crippen LogP contribution >= 0.6 is 15.9 Å². The van der Waals surface area contributed by atoms with Gasteiger partial charge in [-0.25, -0.2) is 4.98 Å². The maximum atomic E-state index is 13.6. The first kappa shape index (κ1) is 23.2. The number of nitrogens with zero attached hydrogens (tertiary/aromatic N) is 2. The molecule has 2 heterocycles. The van der Waals surface area contributed by atoms with Crippen molar-refractivity contribution >= 4 is 39.1 Å². The van der Waals surface area contributed by atoms with E-state index in [1.807, 2.05) is 67.6 Å². The number of benzene rings is 2. The molecule has 1 amide bonds. The molecule has 176 valence electrons. The summed E-state index contributed by atoms with van der Waals surface area (Å²) >= 11 is 3.36. The summed E-state index contributed by atoms with van der Waals surface area (Å²) in [4.78, 5) is 35.8. The number of anilines is 1. The number of hydrogen-bond acceptors (Lipinski definition) is 5. The van der Waals surface area contributed by atoms with Gasteiger partial charge in [-0.1, -0.05) is 30.3 Å². The van der Waals surface area contributed by atoms with E-state index in [1.54, 1.807) is 12.3 Å². The number of ketones is 1. The number of nitrogens with one attached hydrogen (secondary N) is 1. The Labute approximate surface area is 212 Å². The summed E-state index contributed by atoms with van der Waals surface area (Å²) in [5.41, 5.74) is 2.97. The minimum Gasteiger partial charge on any atom is -0.457 e. The van der Waals surface area contributed by atoms with Crippen LogP contribution < -0.4 is 10.1 Å². The standard InChI is InChI=1S/C28H24BrN3O3/c1-17-25(28(34)32-24-14-13-19(29)16-30-24)26(27-22(31-17)11-6-12-23(27)33)18-7-5-10-21(15-18)35-20-8-3-2-4-9-20/h2-5,7-10,13-16,25-26H,6,11-12H2,1H3,(H,30,32,34)/t25?,26-/m0/s1. The number of carbonyl (C=O) groups excluding carboxylic acids is 2. The molecule has 0 saturated heterocycles. The lowest BCUT2D eigenvalue weighted by atomic mass is 9.71. The Morgan fingerprint density at radius 3 is 2.60 bits per heavy atom. The molecular formula is C28H24BrN3O3. The highest BCUT2D eigenvalue weighted by Gasteiger charge is 2.42. The summed E-state index contributed by atoms with van der Waals surface area (Å²) < 4.78 is 6.88. The molecule has 0 spiro atoms. The Balaban J connectivity index is 1.54. The molecule has 2 atom stereocenters. The molecule has 5 rings (SSSR count). The number of amides is 1. The summed E-state index contributed by atoms with van der Waals surface area (Å²) in [6.07, 6.45) is 3.60. The largest absolute Gasteiger partial charge is 0.457 e. The highest BCUT2D eigenvalue weighted by Crippen LogP contribution is 2.44. The normalized spacial score (nSPS) is 19.6. The molecule has 2 aliphatic rings. The molecular weight excluding hydrogens is 506 g/mol. The number of aliphatic imine (C=N–C) groups is 1. The van der Waals surface area contributed by atoms with E-state index in [-0.39, 0.29) is 11.7 Å². The van der Waals surface area contributed by atoms with Gasteiger partial charge in [0.1, 0.15) is 17.3 Å². The van der Waals surface area contributed by atoms with Crippen molar-refractivity contribution in [2.45, 2.75) is 32.1 Å². The molecule has 1 N–H and O–H groups in total. The van der Waals surface area contributed by atoms with E-state index in [2.05, 4.69) is 26.2 Å². The average Bonchev–Trinajstić information content (AvgIpc) is 2.85. The predicted octanol–water partition coefficient (Wildman–Crippen LogP) is 6.46. The Morgan fingerprint density at radius 2 is 1.83 bits per heavy atom. The van der Waals surface area contributed by atoms with E-state index in [1.165, 1.54) is 0 Å². The van der Waals surface area contributed by atoms with Crippen molar-refractivity contribution in [1.82, 2.24) is 4.98 Å². The lowest BCUT2D eigenvalue weighted by Gasteiger charge is -2.35. The van der Waals surface area contributed by atoms with Gasteiger partial charge in [0, 0.05) is 40.0 Å². The molecule has 1 aliphatic carbocycles. The number of pyridine rings is 1. The summed E-state index contributed by atoms with van der Waals surface area (Å²) in [6.45, 7) is 1.86. The van der Waals surface area contributed by atoms with Crippen LogP contribution in [0.1, 0.15) is 37.7 Å². The van der Waals surface area contributed by atoms with Gasteiger partial charge in [0.25, 0.3) is 0 Å². The molecule has 0 saturated carbocycles. The van der Waals surface area contributed by atoms with Crippen LogP contribution in [0.5, 0.6) is 11.5 Å². The van der Waals surface area contributed by atoms with Gasteiger partial charge in [-0.2, -0.15) is 0 Å². The topological polar surface area (TPSA) is 80.6 Å². The van der Waals surface area contributed by atoms with Crippen LogP contribution in [0.4, 0.5) is 5.82 Å². The smallest absolute Gasteiger partial charge is 0.235 e. The molecule has 3 aromatic rings. The van der Waals surface area contributed by atoms with Crippen LogP contribution in [0.2, 0.25) is 0 Å². The zero-order valence-corrected chi connectivity index (χ0v) is 20.8. The van der Waals surface area contributed by atoms with Crippen LogP contribution in [0.15, 0.2) is 93.7 Å². The molecule has 1 aliphatic heterocycles. The van der Waals surface area contributed by atoms with Gasteiger partial charge >= 0.3 is 0 Å². The summed E-state index contributed by atoms with van der Waals surface area (Å²) in [6, 6.07) is 20.7. The third kappa shape index (κ3) is 4.95. The fourth-order valence-electron chi connectivity index (χ4n) is 4.76. The SMILES string of the molecule is CC1=NC2=C(C(=O)CCC2)[C@@H](c2cccc(Oc3ccccc3)c2)C1C(=O)Nc1ccc(Br)cn1. The van der Waals surface area contributed by atoms with Crippen molar-refractivity contribution in [2.24, 2.45) is 10.9 Å². The molecule has 0 fully saturated rings. The monoisotopic (exact) mass is 529 g/mol. The maximum absolute atomic E-state index is 13.6. The average molecular weight is 530 g/mol. The zero-order chi connectivity index (χ0) is 24.4. The number of ether oxygens (including phenoxy) is 1. The first-order valence-electron chi connectivity index (χ1n) is 11.6. The first-order valence-corrected chi connectivity index (χ1v) is 12.4. The minimum atomic E-state index is -0.645. The van der Waals surface area contributed by atoms with Crippen molar-refractivity contribution in [3.63, 3.8) is 0 Å². The lowest BCUT2D eigenvalue weighted by molar-refractivity contribution is -0.119. The Bertz CT molecular complexity index is 1330. The number of rotatable bonds is 5. The van der Waals surface area contributed by atoms with Gasteiger partial charge in [-0.05, 0) is 77.7 Å². The molecule has 0 bridgehead atoms. The van der Waals surface area contributed by atoms with E-state index >= 15 is 0 Å². The molecule has 0 radical (unpaired) electrons. The molecule has 6 nitrogen and oxygen atoms in total.